The number of hydrogen-bond acceptors (Lipinski definition) is 2. The third-order valence-corrected chi connectivity index (χ3v) is 4.02. The van der Waals surface area contributed by atoms with E-state index in [0.29, 0.717) is 12.8 Å². The molecule has 0 saturated carbocycles. The van der Waals surface area contributed by atoms with Crippen LogP contribution in [0.3, 0.4) is 0 Å². The Bertz CT molecular complexity index is 609. The number of aliphatic carboxylic acids is 1. The molecule has 2 aromatic rings. The highest BCUT2D eigenvalue weighted by molar-refractivity contribution is 5.83. The molecule has 3 rings (SSSR count). The zero-order valence-electron chi connectivity index (χ0n) is 10.5. The van der Waals surface area contributed by atoms with E-state index in [1.165, 1.54) is 5.56 Å². The normalized spacial score (nSPS) is 21.1. The van der Waals surface area contributed by atoms with Gasteiger partial charge in [0.25, 0.3) is 0 Å². The first kappa shape index (κ1) is 11.9. The van der Waals surface area contributed by atoms with Crippen LogP contribution in [0.5, 0.6) is 0 Å². The van der Waals surface area contributed by atoms with E-state index in [1.807, 2.05) is 36.4 Å². The third kappa shape index (κ3) is 1.91. The molecule has 96 valence electrons. The molecule has 3 heteroatoms. The standard InChI is InChI=1S/C16H15NO2/c18-15(19)16(11-12-6-9-17-10-7-12)8-5-13-3-1-2-4-14(13)16/h1-4,6-7,9-10H,5,8,11H2,(H,18,19). The van der Waals surface area contributed by atoms with E-state index < -0.39 is 11.4 Å². The summed E-state index contributed by atoms with van der Waals surface area (Å²) in [5.41, 5.74) is 2.38. The SMILES string of the molecule is O=C(O)C1(Cc2ccncc2)CCc2ccccc21. The highest BCUT2D eigenvalue weighted by Gasteiger charge is 2.45. The van der Waals surface area contributed by atoms with Crippen molar-refractivity contribution in [2.45, 2.75) is 24.7 Å². The highest BCUT2D eigenvalue weighted by Crippen LogP contribution is 2.41. The molecular weight excluding hydrogens is 238 g/mol. The fourth-order valence-corrected chi connectivity index (χ4v) is 3.02. The van der Waals surface area contributed by atoms with Crippen LogP contribution in [0.25, 0.3) is 0 Å². The molecule has 0 spiro atoms. The van der Waals surface area contributed by atoms with Gasteiger partial charge in [0.05, 0.1) is 5.41 Å². The van der Waals surface area contributed by atoms with Crippen molar-refractivity contribution in [3.63, 3.8) is 0 Å². The fourth-order valence-electron chi connectivity index (χ4n) is 3.02. The molecule has 1 aliphatic carbocycles. The molecule has 1 atom stereocenters. The second-order valence-electron chi connectivity index (χ2n) is 5.08. The van der Waals surface area contributed by atoms with Gasteiger partial charge in [0.2, 0.25) is 0 Å². The van der Waals surface area contributed by atoms with Gasteiger partial charge in [-0.25, -0.2) is 0 Å². The molecular formula is C16H15NO2. The van der Waals surface area contributed by atoms with Gasteiger partial charge in [-0.1, -0.05) is 24.3 Å². The van der Waals surface area contributed by atoms with Crippen LogP contribution in [0, 0.1) is 0 Å². The lowest BCUT2D eigenvalue weighted by Crippen LogP contribution is -2.35. The van der Waals surface area contributed by atoms with Gasteiger partial charge < -0.3 is 5.11 Å². The number of aryl methyl sites for hydroxylation is 1. The van der Waals surface area contributed by atoms with Crippen LogP contribution in [-0.2, 0) is 23.1 Å². The lowest BCUT2D eigenvalue weighted by atomic mass is 9.77. The number of hydrogen-bond donors (Lipinski definition) is 1. The van der Waals surface area contributed by atoms with Crippen molar-refractivity contribution in [2.75, 3.05) is 0 Å². The first-order valence-electron chi connectivity index (χ1n) is 6.43. The lowest BCUT2D eigenvalue weighted by molar-refractivity contribution is -0.143. The molecule has 0 amide bonds. The molecule has 1 unspecified atom stereocenters. The van der Waals surface area contributed by atoms with Crippen molar-refractivity contribution < 1.29 is 9.90 Å². The Labute approximate surface area is 111 Å². The maximum absolute atomic E-state index is 11.9. The lowest BCUT2D eigenvalue weighted by Gasteiger charge is -2.25. The Morgan fingerprint density at radius 1 is 1.21 bits per heavy atom. The van der Waals surface area contributed by atoms with Gasteiger partial charge in [0.1, 0.15) is 0 Å². The maximum Gasteiger partial charge on any atom is 0.314 e. The average Bonchev–Trinajstić information content (AvgIpc) is 2.81. The number of carboxylic acids is 1. The Morgan fingerprint density at radius 3 is 2.68 bits per heavy atom. The summed E-state index contributed by atoms with van der Waals surface area (Å²) in [5.74, 6) is -0.728. The van der Waals surface area contributed by atoms with Gasteiger partial charge in [-0.15, -0.1) is 0 Å². The summed E-state index contributed by atoms with van der Waals surface area (Å²) in [6, 6.07) is 11.7. The summed E-state index contributed by atoms with van der Waals surface area (Å²) in [6.45, 7) is 0. The number of rotatable bonds is 3. The maximum atomic E-state index is 11.9. The van der Waals surface area contributed by atoms with Crippen LogP contribution in [0.15, 0.2) is 48.8 Å². The summed E-state index contributed by atoms with van der Waals surface area (Å²) in [5, 5.41) is 9.76. The molecule has 0 aliphatic heterocycles. The van der Waals surface area contributed by atoms with Crippen LogP contribution in [-0.4, -0.2) is 16.1 Å². The molecule has 0 fully saturated rings. The van der Waals surface area contributed by atoms with Crippen molar-refractivity contribution in [1.82, 2.24) is 4.98 Å². The zero-order chi connectivity index (χ0) is 13.3. The van der Waals surface area contributed by atoms with Crippen LogP contribution in [0.2, 0.25) is 0 Å². The second-order valence-corrected chi connectivity index (χ2v) is 5.08. The van der Waals surface area contributed by atoms with E-state index in [4.69, 9.17) is 0 Å². The predicted molar refractivity (Wildman–Crippen MR) is 72.0 cm³/mol. The topological polar surface area (TPSA) is 50.2 Å². The van der Waals surface area contributed by atoms with Gasteiger partial charge in [-0.3, -0.25) is 9.78 Å². The van der Waals surface area contributed by atoms with Crippen molar-refractivity contribution >= 4 is 5.97 Å². The van der Waals surface area contributed by atoms with Gasteiger partial charge in [0.15, 0.2) is 0 Å². The summed E-state index contributed by atoms with van der Waals surface area (Å²) >= 11 is 0. The Kier molecular flexibility index (Phi) is 2.82. The smallest absolute Gasteiger partial charge is 0.314 e. The monoisotopic (exact) mass is 253 g/mol. The Hall–Kier alpha value is -2.16. The van der Waals surface area contributed by atoms with Crippen LogP contribution in [0.4, 0.5) is 0 Å². The van der Waals surface area contributed by atoms with E-state index in [9.17, 15) is 9.90 Å². The number of carboxylic acid groups (broad SMARTS) is 1. The van der Waals surface area contributed by atoms with Gasteiger partial charge in [-0.2, -0.15) is 0 Å². The number of aromatic nitrogens is 1. The summed E-state index contributed by atoms with van der Waals surface area (Å²) < 4.78 is 0. The minimum atomic E-state index is -0.780. The molecule has 19 heavy (non-hydrogen) atoms. The van der Waals surface area contributed by atoms with E-state index in [0.717, 1.165) is 17.5 Å². The minimum absolute atomic E-state index is 0.530. The number of carbonyl (C=O) groups is 1. The van der Waals surface area contributed by atoms with E-state index in [1.54, 1.807) is 12.4 Å². The molecule has 1 aromatic carbocycles. The zero-order valence-corrected chi connectivity index (χ0v) is 10.5. The molecule has 1 N–H and O–H groups in total. The molecule has 1 aromatic heterocycles. The number of nitrogens with zero attached hydrogens (tertiary/aromatic N) is 1. The molecule has 0 bridgehead atoms. The summed E-state index contributed by atoms with van der Waals surface area (Å²) in [7, 11) is 0. The van der Waals surface area contributed by atoms with Crippen LogP contribution < -0.4 is 0 Å². The number of benzene rings is 1. The Balaban J connectivity index is 2.05. The van der Waals surface area contributed by atoms with Crippen LogP contribution in [0.1, 0.15) is 23.1 Å². The van der Waals surface area contributed by atoms with Crippen molar-refractivity contribution in [2.24, 2.45) is 0 Å². The van der Waals surface area contributed by atoms with E-state index >= 15 is 0 Å². The first-order chi connectivity index (χ1) is 9.22. The fraction of sp³-hybridized carbons (Fsp3) is 0.250. The molecule has 0 radical (unpaired) electrons. The van der Waals surface area contributed by atoms with Crippen molar-refractivity contribution in [1.29, 1.82) is 0 Å². The molecule has 1 heterocycles. The van der Waals surface area contributed by atoms with Crippen molar-refractivity contribution in [3.8, 4) is 0 Å². The summed E-state index contributed by atoms with van der Waals surface area (Å²) in [6.07, 6.45) is 5.47. The van der Waals surface area contributed by atoms with Crippen molar-refractivity contribution in [3.05, 3.63) is 65.5 Å². The van der Waals surface area contributed by atoms with Gasteiger partial charge in [0, 0.05) is 12.4 Å². The largest absolute Gasteiger partial charge is 0.481 e. The van der Waals surface area contributed by atoms with E-state index in [2.05, 4.69) is 4.98 Å². The Morgan fingerprint density at radius 2 is 1.95 bits per heavy atom. The minimum Gasteiger partial charge on any atom is -0.481 e. The van der Waals surface area contributed by atoms with E-state index in [-0.39, 0.29) is 0 Å². The quantitative estimate of drug-likeness (QED) is 0.914. The predicted octanol–water partition coefficient (Wildman–Crippen LogP) is 2.59. The average molecular weight is 253 g/mol. The van der Waals surface area contributed by atoms with Gasteiger partial charge >= 0.3 is 5.97 Å². The molecule has 3 nitrogen and oxygen atoms in total. The number of fused-ring (bicyclic) bond motifs is 1. The third-order valence-electron chi connectivity index (χ3n) is 4.02. The molecule has 0 saturated heterocycles. The highest BCUT2D eigenvalue weighted by atomic mass is 16.4. The van der Waals surface area contributed by atoms with Crippen LogP contribution >= 0.6 is 0 Å². The molecule has 1 aliphatic rings. The first-order valence-corrected chi connectivity index (χ1v) is 6.43. The van der Waals surface area contributed by atoms with Gasteiger partial charge in [-0.05, 0) is 48.1 Å². The number of pyridine rings is 1. The summed E-state index contributed by atoms with van der Waals surface area (Å²) in [4.78, 5) is 15.9. The second kappa shape index (κ2) is 4.50.